The molecule has 78 valence electrons. The Bertz CT molecular complexity index is 355. The first-order chi connectivity index (χ1) is 6.31. The maximum absolute atomic E-state index is 11.9. The Labute approximate surface area is 118 Å². The SMILES string of the molecule is FC(F)(F)Oc1ncc(I)c(I)c1I. The van der Waals surface area contributed by atoms with Crippen molar-refractivity contribution < 1.29 is 17.9 Å². The largest absolute Gasteiger partial charge is 0.574 e. The number of pyridine rings is 1. The predicted octanol–water partition coefficient (Wildman–Crippen LogP) is 3.79. The standard InChI is InChI=1S/C6HF3I3NO/c7-6(8,9)14-5-4(12)3(11)2(10)1-13-5/h1H. The maximum Gasteiger partial charge on any atom is 0.574 e. The molecule has 0 saturated carbocycles. The third-order valence-corrected chi connectivity index (χ3v) is 6.10. The third kappa shape index (κ3) is 3.50. The number of alkyl halides is 3. The molecule has 0 unspecified atom stereocenters. The van der Waals surface area contributed by atoms with Crippen LogP contribution in [-0.4, -0.2) is 11.3 Å². The summed E-state index contributed by atoms with van der Waals surface area (Å²) in [6.45, 7) is 0. The van der Waals surface area contributed by atoms with Crippen molar-refractivity contribution in [3.63, 3.8) is 0 Å². The number of aromatic nitrogens is 1. The van der Waals surface area contributed by atoms with E-state index in [9.17, 15) is 13.2 Å². The average molecular weight is 541 g/mol. The molecule has 2 nitrogen and oxygen atoms in total. The van der Waals surface area contributed by atoms with Gasteiger partial charge in [0, 0.05) is 13.3 Å². The first-order valence-electron chi connectivity index (χ1n) is 3.06. The van der Waals surface area contributed by atoms with Crippen LogP contribution in [0.2, 0.25) is 0 Å². The second-order valence-corrected chi connectivity index (χ2v) is 5.41. The fraction of sp³-hybridized carbons (Fsp3) is 0.167. The molecule has 0 aliphatic rings. The van der Waals surface area contributed by atoms with Gasteiger partial charge in [-0.3, -0.25) is 0 Å². The van der Waals surface area contributed by atoms with Crippen LogP contribution in [0.3, 0.4) is 0 Å². The Morgan fingerprint density at radius 1 is 1.14 bits per heavy atom. The summed E-state index contributed by atoms with van der Waals surface area (Å²) in [4.78, 5) is 3.56. The Morgan fingerprint density at radius 3 is 2.21 bits per heavy atom. The van der Waals surface area contributed by atoms with Crippen molar-refractivity contribution >= 4 is 67.8 Å². The van der Waals surface area contributed by atoms with E-state index in [1.54, 1.807) is 22.6 Å². The summed E-state index contributed by atoms with van der Waals surface area (Å²) in [5.41, 5.74) is 0. The van der Waals surface area contributed by atoms with Crippen LogP contribution >= 0.6 is 67.8 Å². The Kier molecular flexibility index (Phi) is 4.50. The van der Waals surface area contributed by atoms with Gasteiger partial charge in [0.05, 0.1) is 3.57 Å². The number of halogens is 6. The molecule has 1 aromatic rings. The lowest BCUT2D eigenvalue weighted by Gasteiger charge is -2.10. The second-order valence-electron chi connectivity index (χ2n) is 2.09. The van der Waals surface area contributed by atoms with E-state index in [-0.39, 0.29) is 0 Å². The van der Waals surface area contributed by atoms with Gasteiger partial charge in [-0.1, -0.05) is 0 Å². The van der Waals surface area contributed by atoms with Crippen molar-refractivity contribution in [3.8, 4) is 5.88 Å². The minimum Gasteiger partial charge on any atom is -0.387 e. The zero-order chi connectivity index (χ0) is 10.9. The molecule has 0 saturated heterocycles. The molecule has 0 fully saturated rings. The van der Waals surface area contributed by atoms with Crippen molar-refractivity contribution in [2.24, 2.45) is 0 Å². The minimum absolute atomic E-state index is 0.368. The van der Waals surface area contributed by atoms with E-state index < -0.39 is 12.2 Å². The minimum atomic E-state index is -4.69. The van der Waals surface area contributed by atoms with E-state index in [2.05, 4.69) is 9.72 Å². The zero-order valence-corrected chi connectivity index (χ0v) is 12.7. The molecular weight excluding hydrogens is 540 g/mol. The topological polar surface area (TPSA) is 22.1 Å². The Hall–Kier alpha value is 0.930. The van der Waals surface area contributed by atoms with Crippen LogP contribution in [0.25, 0.3) is 0 Å². The number of hydrogen-bond donors (Lipinski definition) is 0. The van der Waals surface area contributed by atoms with Gasteiger partial charge in [0.25, 0.3) is 0 Å². The summed E-state index contributed by atoms with van der Waals surface area (Å²) < 4.78 is 41.3. The number of hydrogen-bond acceptors (Lipinski definition) is 2. The average Bonchev–Trinajstić information content (AvgIpc) is 2.04. The smallest absolute Gasteiger partial charge is 0.387 e. The molecule has 8 heteroatoms. The molecule has 0 aromatic carbocycles. The summed E-state index contributed by atoms with van der Waals surface area (Å²) >= 11 is 5.71. The first-order valence-corrected chi connectivity index (χ1v) is 6.30. The third-order valence-electron chi connectivity index (χ3n) is 1.10. The van der Waals surface area contributed by atoms with Gasteiger partial charge in [0.2, 0.25) is 5.88 Å². The number of nitrogens with zero attached hydrogens (tertiary/aromatic N) is 1. The van der Waals surface area contributed by atoms with Gasteiger partial charge in [-0.25, -0.2) is 4.98 Å². The first kappa shape index (κ1) is 13.0. The van der Waals surface area contributed by atoms with Crippen molar-refractivity contribution in [1.29, 1.82) is 0 Å². The Morgan fingerprint density at radius 2 is 1.71 bits per heavy atom. The monoisotopic (exact) mass is 541 g/mol. The van der Waals surface area contributed by atoms with Crippen molar-refractivity contribution in [1.82, 2.24) is 4.98 Å². The van der Waals surface area contributed by atoms with Gasteiger partial charge in [0.15, 0.2) is 0 Å². The lowest BCUT2D eigenvalue weighted by atomic mass is 10.5. The van der Waals surface area contributed by atoms with Gasteiger partial charge in [0.1, 0.15) is 0 Å². The molecule has 0 N–H and O–H groups in total. The van der Waals surface area contributed by atoms with Crippen LogP contribution in [-0.2, 0) is 0 Å². The molecule has 0 aliphatic carbocycles. The van der Waals surface area contributed by atoms with Crippen LogP contribution in [0.5, 0.6) is 5.88 Å². The van der Waals surface area contributed by atoms with Gasteiger partial charge < -0.3 is 4.74 Å². The van der Waals surface area contributed by atoms with Crippen LogP contribution < -0.4 is 4.74 Å². The quantitative estimate of drug-likeness (QED) is 0.506. The van der Waals surface area contributed by atoms with Crippen LogP contribution in [0.15, 0.2) is 6.20 Å². The number of rotatable bonds is 1. The van der Waals surface area contributed by atoms with Gasteiger partial charge in [-0.2, -0.15) is 0 Å². The van der Waals surface area contributed by atoms with E-state index in [1.807, 2.05) is 45.2 Å². The molecule has 0 radical (unpaired) electrons. The van der Waals surface area contributed by atoms with Gasteiger partial charge in [-0.05, 0) is 67.8 Å². The molecule has 14 heavy (non-hydrogen) atoms. The highest BCUT2D eigenvalue weighted by Gasteiger charge is 2.33. The van der Waals surface area contributed by atoms with Gasteiger partial charge in [-0.15, -0.1) is 13.2 Å². The predicted molar refractivity (Wildman–Crippen MR) is 69.1 cm³/mol. The zero-order valence-electron chi connectivity index (χ0n) is 6.20. The Balaban J connectivity index is 3.06. The summed E-state index contributed by atoms with van der Waals surface area (Å²) in [7, 11) is 0. The molecule has 1 heterocycles. The van der Waals surface area contributed by atoms with Crippen LogP contribution in [0.1, 0.15) is 0 Å². The van der Waals surface area contributed by atoms with Crippen molar-refractivity contribution in [2.45, 2.75) is 6.36 Å². The van der Waals surface area contributed by atoms with Crippen molar-refractivity contribution in [3.05, 3.63) is 16.9 Å². The van der Waals surface area contributed by atoms with E-state index in [0.29, 0.717) is 7.14 Å². The maximum atomic E-state index is 11.9. The fourth-order valence-corrected chi connectivity index (χ4v) is 2.44. The molecule has 0 spiro atoms. The summed E-state index contributed by atoms with van der Waals surface area (Å²) in [6.07, 6.45) is -3.35. The van der Waals surface area contributed by atoms with E-state index in [0.717, 1.165) is 3.57 Å². The lowest BCUT2D eigenvalue weighted by molar-refractivity contribution is -0.276. The lowest BCUT2D eigenvalue weighted by Crippen LogP contribution is -2.19. The molecule has 0 amide bonds. The van der Waals surface area contributed by atoms with Crippen molar-refractivity contribution in [2.75, 3.05) is 0 Å². The molecular formula is C6HF3I3NO. The van der Waals surface area contributed by atoms with Crippen LogP contribution in [0.4, 0.5) is 13.2 Å². The van der Waals surface area contributed by atoms with Crippen LogP contribution in [0, 0.1) is 10.7 Å². The molecule has 1 aromatic heterocycles. The van der Waals surface area contributed by atoms with E-state index in [1.165, 1.54) is 6.20 Å². The molecule has 0 aliphatic heterocycles. The summed E-state index contributed by atoms with van der Waals surface area (Å²) in [5, 5.41) is 0. The summed E-state index contributed by atoms with van der Waals surface area (Å²) in [6, 6.07) is 0. The second kappa shape index (κ2) is 4.84. The molecule has 0 bridgehead atoms. The van der Waals surface area contributed by atoms with E-state index >= 15 is 0 Å². The highest BCUT2D eigenvalue weighted by atomic mass is 127. The molecule has 0 atom stereocenters. The fourth-order valence-electron chi connectivity index (χ4n) is 0.608. The van der Waals surface area contributed by atoms with Gasteiger partial charge >= 0.3 is 6.36 Å². The number of ether oxygens (including phenoxy) is 1. The summed E-state index contributed by atoms with van der Waals surface area (Å²) in [5.74, 6) is -0.400. The highest BCUT2D eigenvalue weighted by Crippen LogP contribution is 2.30. The highest BCUT2D eigenvalue weighted by molar-refractivity contribution is 14.1. The molecule has 1 rings (SSSR count). The normalized spacial score (nSPS) is 11.6. The van der Waals surface area contributed by atoms with E-state index in [4.69, 9.17) is 0 Å².